The average Bonchev–Trinajstić information content (AvgIpc) is 2.89. The van der Waals surface area contributed by atoms with Crippen LogP contribution < -0.4 is 4.74 Å². The summed E-state index contributed by atoms with van der Waals surface area (Å²) in [4.78, 5) is 24.1. The summed E-state index contributed by atoms with van der Waals surface area (Å²) in [6.45, 7) is 6.38. The van der Waals surface area contributed by atoms with Crippen molar-refractivity contribution < 1.29 is 19.1 Å². The second-order valence-electron chi connectivity index (χ2n) is 5.78. The number of hydrogen-bond acceptors (Lipinski definition) is 4. The molecule has 0 aromatic heterocycles. The molecule has 0 fully saturated rings. The van der Waals surface area contributed by atoms with Crippen LogP contribution in [0.3, 0.4) is 0 Å². The smallest absolute Gasteiger partial charge is 0.347 e. The normalized spacial score (nSPS) is 16.0. The third-order valence-electron chi connectivity index (χ3n) is 3.86. The van der Waals surface area contributed by atoms with E-state index in [1.54, 1.807) is 0 Å². The van der Waals surface area contributed by atoms with E-state index in [9.17, 15) is 9.59 Å². The number of unbranched alkanes of at least 4 members (excludes halogenated alkanes) is 1. The molecule has 0 spiro atoms. The number of ether oxygens (including phenoxy) is 2. The van der Waals surface area contributed by atoms with Crippen LogP contribution in [0.25, 0.3) is 0 Å². The van der Waals surface area contributed by atoms with E-state index in [0.717, 1.165) is 36.0 Å². The maximum Gasteiger partial charge on any atom is 0.347 e. The molecule has 0 bridgehead atoms. The Labute approximate surface area is 131 Å². The van der Waals surface area contributed by atoms with Gasteiger partial charge in [0.25, 0.3) is 0 Å². The highest BCUT2D eigenvalue weighted by Gasteiger charge is 2.31. The topological polar surface area (TPSA) is 52.6 Å². The van der Waals surface area contributed by atoms with E-state index >= 15 is 0 Å². The standard InChI is InChI=1S/C18H24O4/c1-4-6-8-21-18(20)17-11-13-10-14(15(19)7-5-2)12(3)9-16(13)22-17/h9-10,17H,4-8,11H2,1-3H3. The van der Waals surface area contributed by atoms with Crippen LogP contribution in [-0.2, 0) is 16.0 Å². The van der Waals surface area contributed by atoms with Gasteiger partial charge in [0.05, 0.1) is 6.61 Å². The lowest BCUT2D eigenvalue weighted by Crippen LogP contribution is -2.27. The van der Waals surface area contributed by atoms with Gasteiger partial charge in [-0.05, 0) is 43.0 Å². The van der Waals surface area contributed by atoms with Crippen LogP contribution in [0.1, 0.15) is 61.0 Å². The molecule has 1 atom stereocenters. The highest BCUT2D eigenvalue weighted by atomic mass is 16.6. The van der Waals surface area contributed by atoms with Crippen molar-refractivity contribution in [2.45, 2.75) is 59.0 Å². The molecule has 120 valence electrons. The first-order valence-electron chi connectivity index (χ1n) is 8.06. The first-order chi connectivity index (χ1) is 10.6. The Bertz CT molecular complexity index is 562. The fourth-order valence-corrected chi connectivity index (χ4v) is 2.59. The number of hydrogen-bond donors (Lipinski definition) is 0. The van der Waals surface area contributed by atoms with Gasteiger partial charge < -0.3 is 9.47 Å². The van der Waals surface area contributed by atoms with E-state index in [2.05, 4.69) is 0 Å². The molecule has 1 aromatic carbocycles. The van der Waals surface area contributed by atoms with E-state index < -0.39 is 6.10 Å². The number of Topliss-reactive ketones (excluding diaryl/α,β-unsaturated/α-hetero) is 1. The zero-order valence-corrected chi connectivity index (χ0v) is 13.6. The summed E-state index contributed by atoms with van der Waals surface area (Å²) in [6.07, 6.45) is 3.12. The Hall–Kier alpha value is -1.84. The quantitative estimate of drug-likeness (QED) is 0.438. The molecule has 0 saturated heterocycles. The van der Waals surface area contributed by atoms with Gasteiger partial charge in [0.15, 0.2) is 11.9 Å². The van der Waals surface area contributed by atoms with Crippen molar-refractivity contribution in [3.63, 3.8) is 0 Å². The second-order valence-corrected chi connectivity index (χ2v) is 5.78. The minimum Gasteiger partial charge on any atom is -0.478 e. The molecule has 1 aliphatic heterocycles. The summed E-state index contributed by atoms with van der Waals surface area (Å²) >= 11 is 0. The molecule has 0 aliphatic carbocycles. The first-order valence-corrected chi connectivity index (χ1v) is 8.06. The Morgan fingerprint density at radius 3 is 2.73 bits per heavy atom. The molecule has 0 radical (unpaired) electrons. The van der Waals surface area contributed by atoms with E-state index in [1.165, 1.54) is 0 Å². The SMILES string of the molecule is CCCCOC(=O)C1Cc2cc(C(=O)CCC)c(C)cc2O1. The summed E-state index contributed by atoms with van der Waals surface area (Å²) in [5.41, 5.74) is 2.56. The average molecular weight is 304 g/mol. The Morgan fingerprint density at radius 2 is 2.05 bits per heavy atom. The number of carbonyl (C=O) groups is 2. The maximum absolute atomic E-state index is 12.1. The Kier molecular flexibility index (Phi) is 5.58. The predicted molar refractivity (Wildman–Crippen MR) is 84.4 cm³/mol. The molecule has 4 heteroatoms. The third-order valence-corrected chi connectivity index (χ3v) is 3.86. The van der Waals surface area contributed by atoms with Crippen molar-refractivity contribution in [2.75, 3.05) is 6.61 Å². The molecule has 1 heterocycles. The lowest BCUT2D eigenvalue weighted by molar-refractivity contribution is -0.151. The molecule has 0 amide bonds. The number of carbonyl (C=O) groups excluding carboxylic acids is 2. The maximum atomic E-state index is 12.1. The van der Waals surface area contributed by atoms with Crippen LogP contribution in [0.5, 0.6) is 5.75 Å². The molecule has 1 aliphatic rings. The van der Waals surface area contributed by atoms with Gasteiger partial charge in [0, 0.05) is 18.4 Å². The number of rotatable bonds is 7. The number of aryl methyl sites for hydroxylation is 1. The van der Waals surface area contributed by atoms with Crippen LogP contribution >= 0.6 is 0 Å². The fourth-order valence-electron chi connectivity index (χ4n) is 2.59. The molecule has 0 saturated carbocycles. The van der Waals surface area contributed by atoms with Gasteiger partial charge in [-0.15, -0.1) is 0 Å². The third kappa shape index (κ3) is 3.67. The summed E-state index contributed by atoms with van der Waals surface area (Å²) < 4.78 is 10.9. The Balaban J connectivity index is 2.07. The van der Waals surface area contributed by atoms with E-state index in [1.807, 2.05) is 32.9 Å². The monoisotopic (exact) mass is 304 g/mol. The van der Waals surface area contributed by atoms with Gasteiger partial charge in [-0.1, -0.05) is 20.3 Å². The molecule has 22 heavy (non-hydrogen) atoms. The predicted octanol–water partition coefficient (Wildman–Crippen LogP) is 3.62. The van der Waals surface area contributed by atoms with Crippen LogP contribution in [-0.4, -0.2) is 24.5 Å². The molecule has 1 aromatic rings. The number of fused-ring (bicyclic) bond motifs is 1. The first kappa shape index (κ1) is 16.5. The van der Waals surface area contributed by atoms with Crippen molar-refractivity contribution in [2.24, 2.45) is 0 Å². The summed E-state index contributed by atoms with van der Waals surface area (Å²) in [5.74, 6) is 0.531. The molecule has 0 N–H and O–H groups in total. The molecular formula is C18H24O4. The van der Waals surface area contributed by atoms with Gasteiger partial charge >= 0.3 is 5.97 Å². The van der Waals surface area contributed by atoms with Crippen molar-refractivity contribution in [1.29, 1.82) is 0 Å². The number of esters is 1. The van der Waals surface area contributed by atoms with Gasteiger partial charge in [0.1, 0.15) is 5.75 Å². The summed E-state index contributed by atoms with van der Waals surface area (Å²) in [7, 11) is 0. The minimum atomic E-state index is -0.581. The molecular weight excluding hydrogens is 280 g/mol. The van der Waals surface area contributed by atoms with Gasteiger partial charge in [-0.25, -0.2) is 4.79 Å². The van der Waals surface area contributed by atoms with E-state index in [4.69, 9.17) is 9.47 Å². The fraction of sp³-hybridized carbons (Fsp3) is 0.556. The summed E-state index contributed by atoms with van der Waals surface area (Å²) in [6, 6.07) is 3.74. The van der Waals surface area contributed by atoms with Crippen molar-refractivity contribution >= 4 is 11.8 Å². The van der Waals surface area contributed by atoms with Crippen LogP contribution in [0.4, 0.5) is 0 Å². The molecule has 1 unspecified atom stereocenters. The molecule has 4 nitrogen and oxygen atoms in total. The zero-order chi connectivity index (χ0) is 16.1. The highest BCUT2D eigenvalue weighted by molar-refractivity contribution is 5.98. The molecule has 2 rings (SSSR count). The van der Waals surface area contributed by atoms with E-state index in [0.29, 0.717) is 25.2 Å². The Morgan fingerprint density at radius 1 is 1.27 bits per heavy atom. The highest BCUT2D eigenvalue weighted by Crippen LogP contribution is 2.32. The van der Waals surface area contributed by atoms with Crippen LogP contribution in [0.2, 0.25) is 0 Å². The van der Waals surface area contributed by atoms with Gasteiger partial charge in [0.2, 0.25) is 0 Å². The number of benzene rings is 1. The van der Waals surface area contributed by atoms with Crippen molar-refractivity contribution in [1.82, 2.24) is 0 Å². The second kappa shape index (κ2) is 7.43. The zero-order valence-electron chi connectivity index (χ0n) is 13.6. The lowest BCUT2D eigenvalue weighted by Gasteiger charge is -2.10. The van der Waals surface area contributed by atoms with Crippen molar-refractivity contribution in [3.05, 3.63) is 28.8 Å². The van der Waals surface area contributed by atoms with Crippen molar-refractivity contribution in [3.8, 4) is 5.75 Å². The largest absolute Gasteiger partial charge is 0.478 e. The van der Waals surface area contributed by atoms with Crippen LogP contribution in [0, 0.1) is 6.92 Å². The minimum absolute atomic E-state index is 0.150. The van der Waals surface area contributed by atoms with Gasteiger partial charge in [-0.2, -0.15) is 0 Å². The lowest BCUT2D eigenvalue weighted by atomic mass is 9.97. The van der Waals surface area contributed by atoms with Crippen LogP contribution in [0.15, 0.2) is 12.1 Å². The van der Waals surface area contributed by atoms with Gasteiger partial charge in [-0.3, -0.25) is 4.79 Å². The van der Waals surface area contributed by atoms with E-state index in [-0.39, 0.29) is 11.8 Å². The summed E-state index contributed by atoms with van der Waals surface area (Å²) in [5, 5.41) is 0. The number of ketones is 1.